The Labute approximate surface area is 113 Å². The van der Waals surface area contributed by atoms with Crippen LogP contribution < -0.4 is 5.32 Å². The van der Waals surface area contributed by atoms with Crippen LogP contribution in [0.15, 0.2) is 42.5 Å². The van der Waals surface area contributed by atoms with Gasteiger partial charge in [0.2, 0.25) is 0 Å². The lowest BCUT2D eigenvalue weighted by molar-refractivity contribution is 0.774. The number of nitrogens with one attached hydrogen (secondary N) is 1. The van der Waals surface area contributed by atoms with E-state index in [0.29, 0.717) is 6.04 Å². The van der Waals surface area contributed by atoms with Gasteiger partial charge in [0.05, 0.1) is 0 Å². The molecule has 0 aliphatic heterocycles. The highest BCUT2D eigenvalue weighted by atomic mass is 35.5. The maximum Gasteiger partial charge on any atom is 0.0408 e. The first-order chi connectivity index (χ1) is 8.70. The summed E-state index contributed by atoms with van der Waals surface area (Å²) in [6.45, 7) is 2.12. The molecule has 2 heteroatoms. The largest absolute Gasteiger partial charge is 0.382 e. The van der Waals surface area contributed by atoms with Crippen LogP contribution in [0.25, 0.3) is 0 Å². The number of halogens is 1. The molecule has 0 heterocycles. The van der Waals surface area contributed by atoms with Crippen molar-refractivity contribution in [3.8, 4) is 0 Å². The molecule has 92 valence electrons. The summed E-state index contributed by atoms with van der Waals surface area (Å²) in [5.41, 5.74) is 5.30. The number of fused-ring (bicyclic) bond motifs is 1. The Hall–Kier alpha value is -1.47. The van der Waals surface area contributed by atoms with Gasteiger partial charge in [-0.2, -0.15) is 0 Å². The quantitative estimate of drug-likeness (QED) is 0.849. The van der Waals surface area contributed by atoms with Crippen molar-refractivity contribution in [1.29, 1.82) is 0 Å². The Morgan fingerprint density at radius 3 is 2.72 bits per heavy atom. The van der Waals surface area contributed by atoms with Gasteiger partial charge in [0.1, 0.15) is 0 Å². The van der Waals surface area contributed by atoms with Gasteiger partial charge in [-0.1, -0.05) is 29.8 Å². The molecule has 2 aromatic rings. The summed E-state index contributed by atoms with van der Waals surface area (Å²) in [7, 11) is 0. The minimum Gasteiger partial charge on any atom is -0.382 e. The van der Waals surface area contributed by atoms with Gasteiger partial charge in [-0.25, -0.2) is 0 Å². The van der Waals surface area contributed by atoms with Crippen LogP contribution in [0.5, 0.6) is 0 Å². The number of hydrogen-bond acceptors (Lipinski definition) is 1. The van der Waals surface area contributed by atoms with Crippen LogP contribution in [0.1, 0.15) is 16.7 Å². The number of aryl methyl sites for hydroxylation is 1. The lowest BCUT2D eigenvalue weighted by Gasteiger charge is -2.13. The van der Waals surface area contributed by atoms with Crippen molar-refractivity contribution in [1.82, 2.24) is 0 Å². The lowest BCUT2D eigenvalue weighted by atomic mass is 10.1. The molecule has 1 aliphatic carbocycles. The van der Waals surface area contributed by atoms with Gasteiger partial charge in [0, 0.05) is 16.8 Å². The van der Waals surface area contributed by atoms with Gasteiger partial charge in [0.15, 0.2) is 0 Å². The van der Waals surface area contributed by atoms with E-state index >= 15 is 0 Å². The molecule has 3 rings (SSSR count). The van der Waals surface area contributed by atoms with Crippen LogP contribution in [-0.4, -0.2) is 6.04 Å². The van der Waals surface area contributed by atoms with Crippen LogP contribution in [0.3, 0.4) is 0 Å². The number of benzene rings is 2. The van der Waals surface area contributed by atoms with E-state index in [2.05, 4.69) is 48.6 Å². The Balaban J connectivity index is 1.74. The van der Waals surface area contributed by atoms with Crippen molar-refractivity contribution >= 4 is 17.3 Å². The van der Waals surface area contributed by atoms with Crippen LogP contribution in [-0.2, 0) is 12.8 Å². The standard InChI is InChI=1S/C16H16ClN/c1-11-3-2-4-15(7-11)18-16-9-12-5-6-14(17)8-13(12)10-16/h2-8,16,18H,9-10H2,1H3. The van der Waals surface area contributed by atoms with Crippen molar-refractivity contribution < 1.29 is 0 Å². The molecule has 0 radical (unpaired) electrons. The van der Waals surface area contributed by atoms with Crippen molar-refractivity contribution in [2.24, 2.45) is 0 Å². The fraction of sp³-hybridized carbons (Fsp3) is 0.250. The summed E-state index contributed by atoms with van der Waals surface area (Å²) in [4.78, 5) is 0. The first-order valence-electron chi connectivity index (χ1n) is 6.31. The average molecular weight is 258 g/mol. The summed E-state index contributed by atoms with van der Waals surface area (Å²) in [6, 6.07) is 15.2. The zero-order valence-corrected chi connectivity index (χ0v) is 11.2. The molecule has 1 nitrogen and oxygen atoms in total. The topological polar surface area (TPSA) is 12.0 Å². The molecule has 18 heavy (non-hydrogen) atoms. The third-order valence-corrected chi connectivity index (χ3v) is 3.72. The van der Waals surface area contributed by atoms with Crippen molar-refractivity contribution in [3.63, 3.8) is 0 Å². The average Bonchev–Trinajstić information content (AvgIpc) is 2.70. The van der Waals surface area contributed by atoms with Gasteiger partial charge < -0.3 is 5.32 Å². The molecule has 0 bridgehead atoms. The minimum atomic E-state index is 0.486. The maximum atomic E-state index is 6.03. The second-order valence-corrected chi connectivity index (χ2v) is 5.47. The maximum absolute atomic E-state index is 6.03. The van der Waals surface area contributed by atoms with Crippen LogP contribution in [0.2, 0.25) is 5.02 Å². The molecule has 0 saturated carbocycles. The molecule has 0 saturated heterocycles. The summed E-state index contributed by atoms with van der Waals surface area (Å²) >= 11 is 6.03. The molecular weight excluding hydrogens is 242 g/mol. The van der Waals surface area contributed by atoms with Crippen molar-refractivity contribution in [2.45, 2.75) is 25.8 Å². The van der Waals surface area contributed by atoms with E-state index in [1.165, 1.54) is 22.4 Å². The Morgan fingerprint density at radius 1 is 1.06 bits per heavy atom. The van der Waals surface area contributed by atoms with Crippen molar-refractivity contribution in [3.05, 3.63) is 64.2 Å². The SMILES string of the molecule is Cc1cccc(NC2Cc3ccc(Cl)cc3C2)c1. The highest BCUT2D eigenvalue weighted by molar-refractivity contribution is 6.30. The van der Waals surface area contributed by atoms with Crippen LogP contribution >= 0.6 is 11.6 Å². The molecule has 0 aromatic heterocycles. The summed E-state index contributed by atoms with van der Waals surface area (Å²) in [6.07, 6.45) is 2.14. The molecule has 1 aliphatic rings. The van der Waals surface area contributed by atoms with E-state index in [4.69, 9.17) is 11.6 Å². The fourth-order valence-corrected chi connectivity index (χ4v) is 2.85. The molecule has 0 spiro atoms. The number of anilines is 1. The summed E-state index contributed by atoms with van der Waals surface area (Å²) < 4.78 is 0. The van der Waals surface area contributed by atoms with Gasteiger partial charge in [-0.05, 0) is 60.7 Å². The Kier molecular flexibility index (Phi) is 3.00. The van der Waals surface area contributed by atoms with Crippen LogP contribution in [0.4, 0.5) is 5.69 Å². The second kappa shape index (κ2) is 4.66. The molecule has 1 N–H and O–H groups in total. The fourth-order valence-electron chi connectivity index (χ4n) is 2.66. The predicted octanol–water partition coefficient (Wildman–Crippen LogP) is 4.23. The molecule has 2 aromatic carbocycles. The van der Waals surface area contributed by atoms with Crippen LogP contribution in [0, 0.1) is 6.92 Å². The van der Waals surface area contributed by atoms with Gasteiger partial charge in [-0.15, -0.1) is 0 Å². The molecule has 1 atom stereocenters. The van der Waals surface area contributed by atoms with E-state index in [0.717, 1.165) is 17.9 Å². The zero-order chi connectivity index (χ0) is 12.5. The predicted molar refractivity (Wildman–Crippen MR) is 77.4 cm³/mol. The first-order valence-corrected chi connectivity index (χ1v) is 6.69. The van der Waals surface area contributed by atoms with E-state index in [9.17, 15) is 0 Å². The third kappa shape index (κ3) is 2.37. The summed E-state index contributed by atoms with van der Waals surface area (Å²) in [5, 5.41) is 4.44. The highest BCUT2D eigenvalue weighted by Gasteiger charge is 2.21. The minimum absolute atomic E-state index is 0.486. The molecule has 0 amide bonds. The highest BCUT2D eigenvalue weighted by Crippen LogP contribution is 2.27. The summed E-state index contributed by atoms with van der Waals surface area (Å²) in [5.74, 6) is 0. The zero-order valence-electron chi connectivity index (χ0n) is 10.4. The van der Waals surface area contributed by atoms with Gasteiger partial charge >= 0.3 is 0 Å². The lowest BCUT2D eigenvalue weighted by Crippen LogP contribution is -2.19. The first kappa shape index (κ1) is 11.6. The van der Waals surface area contributed by atoms with E-state index < -0.39 is 0 Å². The molecule has 0 fully saturated rings. The van der Waals surface area contributed by atoms with E-state index in [1.54, 1.807) is 0 Å². The Bertz CT molecular complexity index is 577. The smallest absolute Gasteiger partial charge is 0.0408 e. The Morgan fingerprint density at radius 2 is 1.89 bits per heavy atom. The third-order valence-electron chi connectivity index (χ3n) is 3.49. The number of hydrogen-bond donors (Lipinski definition) is 1. The number of rotatable bonds is 2. The van der Waals surface area contributed by atoms with E-state index in [1.807, 2.05) is 6.07 Å². The molecular formula is C16H16ClN. The van der Waals surface area contributed by atoms with Crippen molar-refractivity contribution in [2.75, 3.05) is 5.32 Å². The second-order valence-electron chi connectivity index (χ2n) is 5.03. The normalized spacial score (nSPS) is 17.6. The molecule has 1 unspecified atom stereocenters. The van der Waals surface area contributed by atoms with E-state index in [-0.39, 0.29) is 0 Å². The van der Waals surface area contributed by atoms with Gasteiger partial charge in [-0.3, -0.25) is 0 Å². The van der Waals surface area contributed by atoms with Gasteiger partial charge in [0.25, 0.3) is 0 Å². The monoisotopic (exact) mass is 257 g/mol.